The molecule has 1 aliphatic rings. The third kappa shape index (κ3) is 5.35. The maximum atomic E-state index is 15.2. The average molecular weight is 518 g/mol. The van der Waals surface area contributed by atoms with Gasteiger partial charge in [-0.1, -0.05) is 35.5 Å². The van der Waals surface area contributed by atoms with Crippen molar-refractivity contribution in [2.75, 3.05) is 25.2 Å². The fourth-order valence-electron chi connectivity index (χ4n) is 4.63. The minimum atomic E-state index is -1.28. The standard InChI is InChI=1S/C28H28FN5O4/c1-37-20-14-12-19(13-15-20)34(26(35)18-33-25-11-5-4-10-24(25)31-32-33)27(22-8-2-3-9-23(22)29)28(36)30-17-21-7-6-16-38-21/h2-5,8-15,21,27H,6-7,16-18H2,1H3,(H,30,36). The van der Waals surface area contributed by atoms with Gasteiger partial charge in [-0.15, -0.1) is 5.10 Å². The minimum Gasteiger partial charge on any atom is -0.497 e. The molecule has 2 heterocycles. The number of nitrogens with one attached hydrogen (secondary N) is 1. The second-order valence-electron chi connectivity index (χ2n) is 9.00. The number of amides is 2. The van der Waals surface area contributed by atoms with E-state index in [2.05, 4.69) is 15.6 Å². The summed E-state index contributed by atoms with van der Waals surface area (Å²) < 4.78 is 27.6. The molecule has 5 rings (SSSR count). The highest BCUT2D eigenvalue weighted by atomic mass is 19.1. The van der Waals surface area contributed by atoms with Gasteiger partial charge in [-0.25, -0.2) is 9.07 Å². The van der Waals surface area contributed by atoms with Crippen LogP contribution in [0.3, 0.4) is 0 Å². The molecule has 4 aromatic rings. The molecule has 1 aromatic heterocycles. The van der Waals surface area contributed by atoms with Crippen LogP contribution in [0.2, 0.25) is 0 Å². The van der Waals surface area contributed by atoms with E-state index in [1.807, 2.05) is 18.2 Å². The highest BCUT2D eigenvalue weighted by Crippen LogP contribution is 2.31. The first-order chi connectivity index (χ1) is 18.5. The van der Waals surface area contributed by atoms with Gasteiger partial charge in [-0.05, 0) is 55.3 Å². The second kappa shape index (κ2) is 11.4. The molecule has 2 atom stereocenters. The van der Waals surface area contributed by atoms with Gasteiger partial charge in [-0.2, -0.15) is 0 Å². The molecule has 0 bridgehead atoms. The molecular formula is C28H28FN5O4. The molecule has 1 N–H and O–H groups in total. The van der Waals surface area contributed by atoms with Crippen LogP contribution in [0.1, 0.15) is 24.4 Å². The molecule has 0 saturated carbocycles. The number of methoxy groups -OCH3 is 1. The monoisotopic (exact) mass is 517 g/mol. The van der Waals surface area contributed by atoms with Gasteiger partial charge in [0.2, 0.25) is 11.8 Å². The highest BCUT2D eigenvalue weighted by Gasteiger charge is 2.35. The summed E-state index contributed by atoms with van der Waals surface area (Å²) in [5.74, 6) is -1.000. The normalized spacial score (nSPS) is 15.8. The molecule has 2 amide bonds. The number of aromatic nitrogens is 3. The zero-order valence-electron chi connectivity index (χ0n) is 20.9. The summed E-state index contributed by atoms with van der Waals surface area (Å²) in [7, 11) is 1.54. The van der Waals surface area contributed by atoms with E-state index in [9.17, 15) is 9.59 Å². The number of benzene rings is 3. The molecule has 1 saturated heterocycles. The Morgan fingerprint density at radius 1 is 1.13 bits per heavy atom. The van der Waals surface area contributed by atoms with Crippen molar-refractivity contribution in [2.24, 2.45) is 0 Å². The number of hydrogen-bond acceptors (Lipinski definition) is 6. The number of halogens is 1. The molecule has 0 spiro atoms. The lowest BCUT2D eigenvalue weighted by Crippen LogP contribution is -2.47. The number of rotatable bonds is 9. The van der Waals surface area contributed by atoms with Crippen LogP contribution >= 0.6 is 0 Å². The van der Waals surface area contributed by atoms with E-state index in [4.69, 9.17) is 9.47 Å². The van der Waals surface area contributed by atoms with Crippen LogP contribution in [0.4, 0.5) is 10.1 Å². The Morgan fingerprint density at radius 3 is 2.63 bits per heavy atom. The van der Waals surface area contributed by atoms with Crippen molar-refractivity contribution in [1.29, 1.82) is 0 Å². The summed E-state index contributed by atoms with van der Waals surface area (Å²) >= 11 is 0. The van der Waals surface area contributed by atoms with Crippen LogP contribution in [-0.2, 0) is 20.9 Å². The van der Waals surface area contributed by atoms with Crippen LogP contribution in [0, 0.1) is 5.82 Å². The lowest BCUT2D eigenvalue weighted by molar-refractivity contribution is -0.127. The van der Waals surface area contributed by atoms with E-state index in [-0.39, 0.29) is 24.8 Å². The summed E-state index contributed by atoms with van der Waals surface area (Å²) in [4.78, 5) is 29.0. The quantitative estimate of drug-likeness (QED) is 0.364. The fourth-order valence-corrected chi connectivity index (χ4v) is 4.63. The summed E-state index contributed by atoms with van der Waals surface area (Å²) in [5.41, 5.74) is 1.78. The molecule has 10 heteroatoms. The molecule has 0 aliphatic carbocycles. The summed E-state index contributed by atoms with van der Waals surface area (Å²) in [5, 5.41) is 11.1. The molecule has 2 unspecified atom stereocenters. The topological polar surface area (TPSA) is 98.6 Å². The van der Waals surface area contributed by atoms with E-state index >= 15 is 4.39 Å². The Morgan fingerprint density at radius 2 is 1.89 bits per heavy atom. The maximum Gasteiger partial charge on any atom is 0.249 e. The predicted molar refractivity (Wildman–Crippen MR) is 139 cm³/mol. The van der Waals surface area contributed by atoms with Gasteiger partial charge in [0, 0.05) is 24.4 Å². The Balaban J connectivity index is 1.55. The molecule has 0 radical (unpaired) electrons. The van der Waals surface area contributed by atoms with Gasteiger partial charge in [0.25, 0.3) is 0 Å². The summed E-state index contributed by atoms with van der Waals surface area (Å²) in [6.45, 7) is 0.693. The van der Waals surface area contributed by atoms with Crippen LogP contribution in [0.5, 0.6) is 5.75 Å². The van der Waals surface area contributed by atoms with Gasteiger partial charge < -0.3 is 14.8 Å². The number of anilines is 1. The van der Waals surface area contributed by atoms with Crippen molar-refractivity contribution in [3.8, 4) is 5.75 Å². The van der Waals surface area contributed by atoms with Crippen LogP contribution < -0.4 is 15.0 Å². The highest BCUT2D eigenvalue weighted by molar-refractivity contribution is 6.01. The Bertz CT molecular complexity index is 1420. The first-order valence-corrected chi connectivity index (χ1v) is 12.4. The number of ether oxygens (including phenoxy) is 2. The third-order valence-electron chi connectivity index (χ3n) is 6.56. The van der Waals surface area contributed by atoms with Crippen molar-refractivity contribution >= 4 is 28.5 Å². The third-order valence-corrected chi connectivity index (χ3v) is 6.56. The van der Waals surface area contributed by atoms with Crippen LogP contribution in [0.15, 0.2) is 72.8 Å². The number of hydrogen-bond donors (Lipinski definition) is 1. The minimum absolute atomic E-state index is 0.0740. The van der Waals surface area contributed by atoms with E-state index in [1.54, 1.807) is 42.5 Å². The number of para-hydroxylation sites is 1. The first-order valence-electron chi connectivity index (χ1n) is 12.4. The summed E-state index contributed by atoms with van der Waals surface area (Å²) in [6.07, 6.45) is 1.62. The maximum absolute atomic E-state index is 15.2. The molecule has 1 fully saturated rings. The lowest BCUT2D eigenvalue weighted by atomic mass is 10.0. The average Bonchev–Trinajstić information content (AvgIpc) is 3.61. The molecule has 38 heavy (non-hydrogen) atoms. The Kier molecular flexibility index (Phi) is 7.60. The van der Waals surface area contributed by atoms with Gasteiger partial charge >= 0.3 is 0 Å². The van der Waals surface area contributed by atoms with Crippen molar-refractivity contribution in [2.45, 2.75) is 31.5 Å². The van der Waals surface area contributed by atoms with E-state index in [0.717, 1.165) is 12.8 Å². The summed E-state index contributed by atoms with van der Waals surface area (Å²) in [6, 6.07) is 18.6. The zero-order chi connectivity index (χ0) is 26.5. The van der Waals surface area contributed by atoms with Crippen LogP contribution in [0.25, 0.3) is 11.0 Å². The number of carbonyl (C=O) groups excluding carboxylic acids is 2. The van der Waals surface area contributed by atoms with E-state index in [1.165, 1.54) is 28.8 Å². The van der Waals surface area contributed by atoms with E-state index < -0.39 is 23.7 Å². The molecule has 9 nitrogen and oxygen atoms in total. The smallest absolute Gasteiger partial charge is 0.249 e. The SMILES string of the molecule is COc1ccc(N(C(=O)Cn2nnc3ccccc32)C(C(=O)NCC2CCCO2)c2ccccc2F)cc1. The molecule has 3 aromatic carbocycles. The molecule has 1 aliphatic heterocycles. The number of carbonyl (C=O) groups is 2. The van der Waals surface area contributed by atoms with E-state index in [0.29, 0.717) is 29.1 Å². The van der Waals surface area contributed by atoms with Crippen molar-refractivity contribution in [3.05, 3.63) is 84.2 Å². The van der Waals surface area contributed by atoms with Crippen LogP contribution in [-0.4, -0.2) is 53.2 Å². The molecular weight excluding hydrogens is 489 g/mol. The molecule has 196 valence electrons. The number of fused-ring (bicyclic) bond motifs is 1. The van der Waals surface area contributed by atoms with Crippen molar-refractivity contribution in [1.82, 2.24) is 20.3 Å². The Labute approximate surface area is 219 Å². The van der Waals surface area contributed by atoms with Crippen molar-refractivity contribution < 1.29 is 23.5 Å². The second-order valence-corrected chi connectivity index (χ2v) is 9.00. The predicted octanol–water partition coefficient (Wildman–Crippen LogP) is 3.65. The van der Waals surface area contributed by atoms with Gasteiger partial charge in [0.1, 0.15) is 29.7 Å². The van der Waals surface area contributed by atoms with Gasteiger partial charge in [0.05, 0.1) is 18.7 Å². The van der Waals surface area contributed by atoms with Crippen molar-refractivity contribution in [3.63, 3.8) is 0 Å². The largest absolute Gasteiger partial charge is 0.497 e. The van der Waals surface area contributed by atoms with Gasteiger partial charge in [-0.3, -0.25) is 14.5 Å². The fraction of sp³-hybridized carbons (Fsp3) is 0.286. The van der Waals surface area contributed by atoms with Gasteiger partial charge in [0.15, 0.2) is 0 Å². The number of nitrogens with zero attached hydrogens (tertiary/aromatic N) is 4. The lowest BCUT2D eigenvalue weighted by Gasteiger charge is -2.32. The Hall–Kier alpha value is -4.31. The first kappa shape index (κ1) is 25.3. The zero-order valence-corrected chi connectivity index (χ0v) is 20.9.